The number of hydrogen-bond acceptors (Lipinski definition) is 2. The molecule has 1 saturated carbocycles. The molecular weight excluding hydrogens is 160 g/mol. The van der Waals surface area contributed by atoms with Gasteiger partial charge >= 0.3 is 0 Å². The average molecular weight is 180 g/mol. The van der Waals surface area contributed by atoms with Crippen LogP contribution in [0.3, 0.4) is 0 Å². The van der Waals surface area contributed by atoms with Gasteiger partial charge in [-0.3, -0.25) is 0 Å². The van der Waals surface area contributed by atoms with Crippen molar-refractivity contribution < 1.29 is 0 Å². The summed E-state index contributed by atoms with van der Waals surface area (Å²) in [6.07, 6.45) is 11.7. The van der Waals surface area contributed by atoms with Crippen LogP contribution in [0.2, 0.25) is 0 Å². The lowest BCUT2D eigenvalue weighted by Gasteiger charge is -2.19. The van der Waals surface area contributed by atoms with Crippen LogP contribution >= 0.6 is 0 Å². The van der Waals surface area contributed by atoms with Crippen molar-refractivity contribution in [2.45, 2.75) is 32.1 Å². The molecule has 0 spiro atoms. The van der Waals surface area contributed by atoms with Crippen LogP contribution in [0.25, 0.3) is 0 Å². The van der Waals surface area contributed by atoms with E-state index in [4.69, 9.17) is 0 Å². The largest absolute Gasteiger partial charge is 0.362 e. The fourth-order valence-electron chi connectivity index (χ4n) is 2.38. The summed E-state index contributed by atoms with van der Waals surface area (Å²) < 4.78 is 0. The van der Waals surface area contributed by atoms with Gasteiger partial charge in [-0.25, -0.2) is 0 Å². The highest BCUT2D eigenvalue weighted by Gasteiger charge is 2.16. The van der Waals surface area contributed by atoms with Crippen LogP contribution in [0.15, 0.2) is 12.4 Å². The third kappa shape index (κ3) is 2.39. The molecule has 0 aromatic rings. The van der Waals surface area contributed by atoms with Gasteiger partial charge in [0, 0.05) is 26.0 Å². The second-order valence-electron chi connectivity index (χ2n) is 4.45. The summed E-state index contributed by atoms with van der Waals surface area (Å²) in [5, 5.41) is 0. The first-order valence-corrected chi connectivity index (χ1v) is 5.47. The van der Waals surface area contributed by atoms with Crippen LogP contribution in [0.1, 0.15) is 32.1 Å². The minimum Gasteiger partial charge on any atom is -0.362 e. The maximum Gasteiger partial charge on any atom is 0.0890 e. The van der Waals surface area contributed by atoms with E-state index in [0.717, 1.165) is 12.6 Å². The van der Waals surface area contributed by atoms with E-state index in [-0.39, 0.29) is 0 Å². The van der Waals surface area contributed by atoms with Gasteiger partial charge in [0.2, 0.25) is 0 Å². The van der Waals surface area contributed by atoms with E-state index in [9.17, 15) is 0 Å². The van der Waals surface area contributed by atoms with Crippen molar-refractivity contribution in [3.63, 3.8) is 0 Å². The second-order valence-corrected chi connectivity index (χ2v) is 4.45. The van der Waals surface area contributed by atoms with E-state index in [1.807, 2.05) is 0 Å². The summed E-state index contributed by atoms with van der Waals surface area (Å²) in [6, 6.07) is 0. The van der Waals surface area contributed by atoms with Crippen LogP contribution in [-0.2, 0) is 0 Å². The second kappa shape index (κ2) is 4.03. The molecule has 1 heterocycles. The molecule has 2 aliphatic rings. The zero-order chi connectivity index (χ0) is 9.10. The fourth-order valence-corrected chi connectivity index (χ4v) is 2.38. The first-order chi connectivity index (χ1) is 6.34. The molecule has 0 amide bonds. The van der Waals surface area contributed by atoms with Crippen molar-refractivity contribution in [3.05, 3.63) is 12.4 Å². The zero-order valence-corrected chi connectivity index (χ0v) is 8.58. The average Bonchev–Trinajstić information content (AvgIpc) is 2.71. The van der Waals surface area contributed by atoms with Crippen molar-refractivity contribution in [1.29, 1.82) is 0 Å². The van der Waals surface area contributed by atoms with Gasteiger partial charge in [0.15, 0.2) is 0 Å². The highest BCUT2D eigenvalue weighted by Crippen LogP contribution is 2.27. The SMILES string of the molecule is CN1C=CN(CCC2CCCC2)C1. The Morgan fingerprint density at radius 2 is 2.00 bits per heavy atom. The first kappa shape index (κ1) is 8.92. The number of rotatable bonds is 3. The van der Waals surface area contributed by atoms with E-state index >= 15 is 0 Å². The summed E-state index contributed by atoms with van der Waals surface area (Å²) in [4.78, 5) is 4.65. The molecule has 1 aliphatic heterocycles. The maximum absolute atomic E-state index is 2.42. The van der Waals surface area contributed by atoms with Gasteiger partial charge in [0.05, 0.1) is 6.67 Å². The van der Waals surface area contributed by atoms with Crippen LogP contribution in [-0.4, -0.2) is 30.1 Å². The molecule has 0 N–H and O–H groups in total. The summed E-state index contributed by atoms with van der Waals surface area (Å²) >= 11 is 0. The topological polar surface area (TPSA) is 6.48 Å². The molecule has 2 rings (SSSR count). The monoisotopic (exact) mass is 180 g/mol. The fraction of sp³-hybridized carbons (Fsp3) is 0.818. The normalized spacial score (nSPS) is 23.5. The highest BCUT2D eigenvalue weighted by molar-refractivity contribution is 4.88. The first-order valence-electron chi connectivity index (χ1n) is 5.47. The Balaban J connectivity index is 1.65. The number of nitrogens with zero attached hydrogens (tertiary/aromatic N) is 2. The lowest BCUT2D eigenvalue weighted by atomic mass is 10.0. The zero-order valence-electron chi connectivity index (χ0n) is 8.58. The van der Waals surface area contributed by atoms with Crippen LogP contribution in [0, 0.1) is 5.92 Å². The minimum atomic E-state index is 1.03. The van der Waals surface area contributed by atoms with Crippen molar-refractivity contribution in [3.8, 4) is 0 Å². The van der Waals surface area contributed by atoms with Gasteiger partial charge < -0.3 is 9.80 Å². The Morgan fingerprint density at radius 1 is 1.23 bits per heavy atom. The predicted molar refractivity (Wildman–Crippen MR) is 55.1 cm³/mol. The molecule has 2 heteroatoms. The Labute approximate surface area is 81.2 Å². The van der Waals surface area contributed by atoms with Crippen molar-refractivity contribution in [1.82, 2.24) is 9.80 Å². The summed E-state index contributed by atoms with van der Waals surface area (Å²) in [7, 11) is 2.13. The van der Waals surface area contributed by atoms with Gasteiger partial charge in [0.1, 0.15) is 0 Å². The highest BCUT2D eigenvalue weighted by atomic mass is 15.3. The molecule has 13 heavy (non-hydrogen) atoms. The molecule has 74 valence electrons. The van der Waals surface area contributed by atoms with Crippen molar-refractivity contribution in [2.75, 3.05) is 20.3 Å². The molecule has 0 unspecified atom stereocenters. The Kier molecular flexibility index (Phi) is 2.77. The van der Waals surface area contributed by atoms with Gasteiger partial charge in [0.25, 0.3) is 0 Å². The summed E-state index contributed by atoms with van der Waals surface area (Å²) in [5.41, 5.74) is 0. The standard InChI is InChI=1S/C11H20N2/c1-12-8-9-13(10-12)7-6-11-4-2-3-5-11/h8-9,11H,2-7,10H2,1H3. The summed E-state index contributed by atoms with van der Waals surface area (Å²) in [6.45, 7) is 2.35. The van der Waals surface area contributed by atoms with E-state index in [1.165, 1.54) is 38.6 Å². The minimum absolute atomic E-state index is 1.03. The van der Waals surface area contributed by atoms with Crippen LogP contribution < -0.4 is 0 Å². The van der Waals surface area contributed by atoms with Gasteiger partial charge in [-0.05, 0) is 12.3 Å². The van der Waals surface area contributed by atoms with Crippen LogP contribution in [0.5, 0.6) is 0 Å². The molecule has 2 nitrogen and oxygen atoms in total. The van der Waals surface area contributed by atoms with E-state index in [1.54, 1.807) is 0 Å². The molecule has 1 fully saturated rings. The Hall–Kier alpha value is -0.660. The molecule has 0 bridgehead atoms. The third-order valence-electron chi connectivity index (χ3n) is 3.24. The van der Waals surface area contributed by atoms with Crippen molar-refractivity contribution >= 4 is 0 Å². The maximum atomic E-state index is 2.42. The molecule has 0 aromatic carbocycles. The lowest BCUT2D eigenvalue weighted by Crippen LogP contribution is -2.24. The molecule has 0 aromatic heterocycles. The number of hydrogen-bond donors (Lipinski definition) is 0. The quantitative estimate of drug-likeness (QED) is 0.657. The lowest BCUT2D eigenvalue weighted by molar-refractivity contribution is 0.276. The van der Waals surface area contributed by atoms with Gasteiger partial charge in [-0.2, -0.15) is 0 Å². The molecule has 0 atom stereocenters. The Bertz CT molecular complexity index is 183. The van der Waals surface area contributed by atoms with E-state index in [2.05, 4.69) is 29.2 Å². The third-order valence-corrected chi connectivity index (χ3v) is 3.24. The predicted octanol–water partition coefficient (Wildman–Crippen LogP) is 2.24. The molecular formula is C11H20N2. The summed E-state index contributed by atoms with van der Waals surface area (Å²) in [5.74, 6) is 1.03. The van der Waals surface area contributed by atoms with Gasteiger partial charge in [-0.15, -0.1) is 0 Å². The molecule has 1 aliphatic carbocycles. The molecule has 0 saturated heterocycles. The van der Waals surface area contributed by atoms with Crippen LogP contribution in [0.4, 0.5) is 0 Å². The molecule has 0 radical (unpaired) electrons. The van der Waals surface area contributed by atoms with E-state index in [0.29, 0.717) is 0 Å². The Morgan fingerprint density at radius 3 is 2.62 bits per heavy atom. The smallest absolute Gasteiger partial charge is 0.0890 e. The van der Waals surface area contributed by atoms with E-state index < -0.39 is 0 Å². The van der Waals surface area contributed by atoms with Gasteiger partial charge in [-0.1, -0.05) is 25.7 Å². The van der Waals surface area contributed by atoms with Crippen molar-refractivity contribution in [2.24, 2.45) is 5.92 Å².